The van der Waals surface area contributed by atoms with Crippen LogP contribution >= 0.6 is 0 Å². The van der Waals surface area contributed by atoms with Gasteiger partial charge in [-0.3, -0.25) is 4.79 Å². The fourth-order valence-electron chi connectivity index (χ4n) is 3.40. The molecule has 1 amide bonds. The number of carbonyl (C=O) groups excluding carboxylic acids is 1. The molecule has 4 heteroatoms. The summed E-state index contributed by atoms with van der Waals surface area (Å²) in [6.45, 7) is 7.62. The molecule has 122 valence electrons. The largest absolute Gasteiger partial charge is 0.352 e. The van der Waals surface area contributed by atoms with Gasteiger partial charge in [-0.1, -0.05) is 26.2 Å². The van der Waals surface area contributed by atoms with E-state index in [1.807, 2.05) is 6.92 Å². The minimum absolute atomic E-state index is 0.0802. The Hall–Kier alpha value is -0.610. The van der Waals surface area contributed by atoms with E-state index in [1.54, 1.807) is 0 Å². The van der Waals surface area contributed by atoms with Crippen LogP contribution in [0.1, 0.15) is 58.8 Å². The van der Waals surface area contributed by atoms with E-state index in [-0.39, 0.29) is 11.9 Å². The molecule has 0 aromatic carbocycles. The summed E-state index contributed by atoms with van der Waals surface area (Å²) in [6.07, 6.45) is 8.59. The normalized spacial score (nSPS) is 25.5. The first-order chi connectivity index (χ1) is 9.98. The molecular weight excluding hydrogens is 262 g/mol. The first kappa shape index (κ1) is 16.8. The molecule has 4 nitrogen and oxygen atoms in total. The number of hydrogen-bond acceptors (Lipinski definition) is 3. The average Bonchev–Trinajstić information content (AvgIpc) is 2.49. The summed E-state index contributed by atoms with van der Waals surface area (Å²) < 4.78 is 0. The van der Waals surface area contributed by atoms with Crippen LogP contribution in [0.2, 0.25) is 0 Å². The van der Waals surface area contributed by atoms with E-state index in [9.17, 15) is 4.79 Å². The molecular formula is C17H33N3O. The van der Waals surface area contributed by atoms with Crippen molar-refractivity contribution >= 4 is 5.91 Å². The van der Waals surface area contributed by atoms with Crippen molar-refractivity contribution in [3.8, 4) is 0 Å². The molecule has 1 atom stereocenters. The van der Waals surface area contributed by atoms with E-state index in [4.69, 9.17) is 0 Å². The van der Waals surface area contributed by atoms with E-state index in [0.717, 1.165) is 19.4 Å². The van der Waals surface area contributed by atoms with Crippen LogP contribution in [0.4, 0.5) is 0 Å². The highest BCUT2D eigenvalue weighted by atomic mass is 16.2. The summed E-state index contributed by atoms with van der Waals surface area (Å²) >= 11 is 0. The number of carbonyl (C=O) groups is 1. The fraction of sp³-hybridized carbons (Fsp3) is 0.941. The molecule has 0 aromatic heterocycles. The topological polar surface area (TPSA) is 44.4 Å². The summed E-state index contributed by atoms with van der Waals surface area (Å²) in [5.41, 5.74) is 0.339. The second-order valence-corrected chi connectivity index (χ2v) is 7.56. The highest BCUT2D eigenvalue weighted by molar-refractivity contribution is 5.81. The molecule has 1 saturated heterocycles. The van der Waals surface area contributed by atoms with Gasteiger partial charge in [-0.2, -0.15) is 0 Å². The predicted molar refractivity (Wildman–Crippen MR) is 87.3 cm³/mol. The average molecular weight is 295 g/mol. The fourth-order valence-corrected chi connectivity index (χ4v) is 3.40. The lowest BCUT2D eigenvalue weighted by Gasteiger charge is -2.38. The molecule has 1 heterocycles. The molecule has 2 fully saturated rings. The number of hydrogen-bond donors (Lipinski definition) is 2. The SMILES string of the molecule is CC(NCC1(C)CCN(C)CC1)C(=O)NC1CCCCC1. The van der Waals surface area contributed by atoms with Gasteiger partial charge in [0.05, 0.1) is 6.04 Å². The zero-order valence-corrected chi connectivity index (χ0v) is 14.1. The number of likely N-dealkylation sites (tertiary alicyclic amines) is 1. The van der Waals surface area contributed by atoms with Crippen molar-refractivity contribution in [2.24, 2.45) is 5.41 Å². The monoisotopic (exact) mass is 295 g/mol. The highest BCUT2D eigenvalue weighted by Crippen LogP contribution is 2.29. The van der Waals surface area contributed by atoms with Gasteiger partial charge in [0.25, 0.3) is 0 Å². The molecule has 0 bridgehead atoms. The lowest BCUT2D eigenvalue weighted by molar-refractivity contribution is -0.123. The van der Waals surface area contributed by atoms with Crippen molar-refractivity contribution in [2.75, 3.05) is 26.7 Å². The summed E-state index contributed by atoms with van der Waals surface area (Å²) in [5, 5.41) is 6.68. The van der Waals surface area contributed by atoms with Crippen molar-refractivity contribution in [1.29, 1.82) is 0 Å². The molecule has 0 radical (unpaired) electrons. The van der Waals surface area contributed by atoms with Gasteiger partial charge in [0.2, 0.25) is 5.91 Å². The second-order valence-electron chi connectivity index (χ2n) is 7.56. The molecule has 1 unspecified atom stereocenters. The Balaban J connectivity index is 1.70. The third kappa shape index (κ3) is 5.26. The van der Waals surface area contributed by atoms with Gasteiger partial charge in [-0.05, 0) is 58.2 Å². The third-order valence-electron chi connectivity index (χ3n) is 5.37. The molecule has 2 aliphatic rings. The standard InChI is InChI=1S/C17H33N3O/c1-14(16(21)19-15-7-5-4-6-8-15)18-13-17(2)9-11-20(3)12-10-17/h14-15,18H,4-13H2,1-3H3,(H,19,21). The maximum absolute atomic E-state index is 12.3. The van der Waals surface area contributed by atoms with Crippen molar-refractivity contribution in [3.05, 3.63) is 0 Å². The molecule has 21 heavy (non-hydrogen) atoms. The van der Waals surface area contributed by atoms with Gasteiger partial charge in [-0.25, -0.2) is 0 Å². The van der Waals surface area contributed by atoms with Gasteiger partial charge in [0.15, 0.2) is 0 Å². The number of rotatable bonds is 5. The van der Waals surface area contributed by atoms with E-state index in [1.165, 1.54) is 45.2 Å². The predicted octanol–water partition coefficient (Wildman–Crippen LogP) is 2.15. The molecule has 0 spiro atoms. The van der Waals surface area contributed by atoms with E-state index >= 15 is 0 Å². The maximum atomic E-state index is 12.3. The quantitative estimate of drug-likeness (QED) is 0.817. The minimum Gasteiger partial charge on any atom is -0.352 e. The van der Waals surface area contributed by atoms with Gasteiger partial charge >= 0.3 is 0 Å². The molecule has 1 saturated carbocycles. The van der Waals surface area contributed by atoms with Crippen LogP contribution in [-0.4, -0.2) is 49.6 Å². The summed E-state index contributed by atoms with van der Waals surface area (Å²) in [4.78, 5) is 14.6. The third-order valence-corrected chi connectivity index (χ3v) is 5.37. The van der Waals surface area contributed by atoms with Crippen LogP contribution in [-0.2, 0) is 4.79 Å². The Kier molecular flexibility index (Phi) is 6.06. The second kappa shape index (κ2) is 7.59. The summed E-state index contributed by atoms with van der Waals surface area (Å²) in [6, 6.07) is 0.331. The zero-order valence-electron chi connectivity index (χ0n) is 14.1. The van der Waals surface area contributed by atoms with Crippen LogP contribution in [0.5, 0.6) is 0 Å². The molecule has 2 rings (SSSR count). The Labute approximate surface area is 130 Å². The van der Waals surface area contributed by atoms with Crippen molar-refractivity contribution < 1.29 is 4.79 Å². The van der Waals surface area contributed by atoms with Crippen LogP contribution < -0.4 is 10.6 Å². The van der Waals surface area contributed by atoms with Crippen LogP contribution in [0.25, 0.3) is 0 Å². The lowest BCUT2D eigenvalue weighted by Crippen LogP contribution is -2.50. The molecule has 0 aromatic rings. The Morgan fingerprint density at radius 3 is 2.48 bits per heavy atom. The zero-order chi connectivity index (χ0) is 15.3. The Morgan fingerprint density at radius 2 is 1.86 bits per heavy atom. The van der Waals surface area contributed by atoms with E-state index in [0.29, 0.717) is 11.5 Å². The number of amides is 1. The molecule has 1 aliphatic carbocycles. The van der Waals surface area contributed by atoms with Gasteiger partial charge < -0.3 is 15.5 Å². The van der Waals surface area contributed by atoms with Crippen molar-refractivity contribution in [1.82, 2.24) is 15.5 Å². The minimum atomic E-state index is -0.0802. The Morgan fingerprint density at radius 1 is 1.24 bits per heavy atom. The number of nitrogens with zero attached hydrogens (tertiary/aromatic N) is 1. The van der Waals surface area contributed by atoms with E-state index in [2.05, 4.69) is 29.5 Å². The smallest absolute Gasteiger partial charge is 0.237 e. The number of piperidine rings is 1. The first-order valence-electron chi connectivity index (χ1n) is 8.71. The maximum Gasteiger partial charge on any atom is 0.237 e. The van der Waals surface area contributed by atoms with Gasteiger partial charge in [0.1, 0.15) is 0 Å². The molecule has 2 N–H and O–H groups in total. The lowest BCUT2D eigenvalue weighted by atomic mass is 9.80. The van der Waals surface area contributed by atoms with Crippen LogP contribution in [0, 0.1) is 5.41 Å². The summed E-state index contributed by atoms with van der Waals surface area (Å²) in [5.74, 6) is 0.179. The van der Waals surface area contributed by atoms with Gasteiger partial charge in [-0.15, -0.1) is 0 Å². The van der Waals surface area contributed by atoms with Crippen LogP contribution in [0.15, 0.2) is 0 Å². The van der Waals surface area contributed by atoms with Crippen molar-refractivity contribution in [3.63, 3.8) is 0 Å². The molecule has 1 aliphatic heterocycles. The highest BCUT2D eigenvalue weighted by Gasteiger charge is 2.29. The summed E-state index contributed by atoms with van der Waals surface area (Å²) in [7, 11) is 2.19. The first-order valence-corrected chi connectivity index (χ1v) is 8.71. The Bertz CT molecular complexity index is 331. The van der Waals surface area contributed by atoms with Gasteiger partial charge in [0, 0.05) is 12.6 Å². The number of nitrogens with one attached hydrogen (secondary N) is 2. The van der Waals surface area contributed by atoms with E-state index < -0.39 is 0 Å². The van der Waals surface area contributed by atoms with Crippen molar-refractivity contribution in [2.45, 2.75) is 70.9 Å². The van der Waals surface area contributed by atoms with Crippen LogP contribution in [0.3, 0.4) is 0 Å².